The Hall–Kier alpha value is -1.47. The van der Waals surface area contributed by atoms with Crippen LogP contribution >= 0.6 is 0 Å². The molecular formula is C12H21FN4O2. The monoisotopic (exact) mass is 272 g/mol. The third kappa shape index (κ3) is 5.35. The van der Waals surface area contributed by atoms with Crippen molar-refractivity contribution in [1.82, 2.24) is 9.97 Å². The summed E-state index contributed by atoms with van der Waals surface area (Å²) >= 11 is 0. The molecule has 0 amide bonds. The molecule has 0 bridgehead atoms. The number of hydrogen-bond acceptors (Lipinski definition) is 6. The van der Waals surface area contributed by atoms with Gasteiger partial charge < -0.3 is 20.1 Å². The number of aromatic nitrogens is 2. The number of nitrogens with zero attached hydrogens (tertiary/aromatic N) is 3. The van der Waals surface area contributed by atoms with E-state index in [2.05, 4.69) is 9.97 Å². The molecule has 1 aromatic rings. The number of nitrogen functional groups attached to an aromatic ring is 1. The molecule has 0 aliphatic carbocycles. The van der Waals surface area contributed by atoms with Gasteiger partial charge in [-0.05, 0) is 13.8 Å². The van der Waals surface area contributed by atoms with Gasteiger partial charge in [-0.3, -0.25) is 0 Å². The van der Waals surface area contributed by atoms with Crippen molar-refractivity contribution in [3.63, 3.8) is 0 Å². The Kier molecular flexibility index (Phi) is 7.06. The number of anilines is 2. The highest BCUT2D eigenvalue weighted by molar-refractivity contribution is 5.42. The van der Waals surface area contributed by atoms with Crippen LogP contribution in [0.4, 0.5) is 16.2 Å². The van der Waals surface area contributed by atoms with Crippen LogP contribution in [0.1, 0.15) is 13.8 Å². The first-order valence-corrected chi connectivity index (χ1v) is 6.37. The van der Waals surface area contributed by atoms with E-state index in [0.717, 1.165) is 6.20 Å². The van der Waals surface area contributed by atoms with E-state index in [4.69, 9.17) is 15.2 Å². The van der Waals surface area contributed by atoms with Gasteiger partial charge in [-0.1, -0.05) is 0 Å². The van der Waals surface area contributed by atoms with Crippen LogP contribution in [-0.4, -0.2) is 49.5 Å². The van der Waals surface area contributed by atoms with E-state index in [9.17, 15) is 4.39 Å². The SMILES string of the molecule is CCOCCN(CCOCC)c1nc(N)ncc1F. The van der Waals surface area contributed by atoms with Crippen LogP contribution in [0, 0.1) is 5.82 Å². The number of nitrogens with two attached hydrogens (primary N) is 1. The minimum atomic E-state index is -0.498. The van der Waals surface area contributed by atoms with E-state index in [1.807, 2.05) is 13.8 Å². The van der Waals surface area contributed by atoms with Gasteiger partial charge >= 0.3 is 0 Å². The minimum absolute atomic E-state index is 0.0502. The van der Waals surface area contributed by atoms with E-state index in [-0.39, 0.29) is 11.8 Å². The van der Waals surface area contributed by atoms with Crippen molar-refractivity contribution in [2.24, 2.45) is 0 Å². The summed E-state index contributed by atoms with van der Waals surface area (Å²) in [6.45, 7) is 7.09. The Labute approximate surface area is 112 Å². The number of ether oxygens (including phenoxy) is 2. The van der Waals surface area contributed by atoms with Crippen LogP contribution in [0.3, 0.4) is 0 Å². The zero-order valence-electron chi connectivity index (χ0n) is 11.4. The average Bonchev–Trinajstić information content (AvgIpc) is 2.40. The van der Waals surface area contributed by atoms with E-state index in [1.54, 1.807) is 4.90 Å². The van der Waals surface area contributed by atoms with Gasteiger partial charge in [0.25, 0.3) is 0 Å². The van der Waals surface area contributed by atoms with Crippen molar-refractivity contribution in [1.29, 1.82) is 0 Å². The molecule has 0 fully saturated rings. The summed E-state index contributed by atoms with van der Waals surface area (Å²) in [4.78, 5) is 9.30. The lowest BCUT2D eigenvalue weighted by molar-refractivity contribution is 0.141. The van der Waals surface area contributed by atoms with Gasteiger partial charge in [-0.15, -0.1) is 0 Å². The number of halogens is 1. The fourth-order valence-corrected chi connectivity index (χ4v) is 1.55. The van der Waals surface area contributed by atoms with Gasteiger partial charge in [0.2, 0.25) is 5.95 Å². The zero-order chi connectivity index (χ0) is 14.1. The molecule has 108 valence electrons. The third-order valence-electron chi connectivity index (χ3n) is 2.46. The molecule has 0 radical (unpaired) electrons. The maximum atomic E-state index is 13.7. The van der Waals surface area contributed by atoms with Crippen LogP contribution in [0.25, 0.3) is 0 Å². The Balaban J connectivity index is 2.72. The maximum absolute atomic E-state index is 13.7. The molecule has 19 heavy (non-hydrogen) atoms. The van der Waals surface area contributed by atoms with Crippen molar-refractivity contribution in [2.75, 3.05) is 50.2 Å². The second kappa shape index (κ2) is 8.60. The number of hydrogen-bond donors (Lipinski definition) is 1. The van der Waals surface area contributed by atoms with E-state index >= 15 is 0 Å². The largest absolute Gasteiger partial charge is 0.380 e. The predicted molar refractivity (Wildman–Crippen MR) is 71.6 cm³/mol. The van der Waals surface area contributed by atoms with Gasteiger partial charge in [0, 0.05) is 26.3 Å². The second-order valence-electron chi connectivity index (χ2n) is 3.78. The fraction of sp³-hybridized carbons (Fsp3) is 0.667. The van der Waals surface area contributed by atoms with Crippen LogP contribution in [0.5, 0.6) is 0 Å². The lowest BCUT2D eigenvalue weighted by Gasteiger charge is -2.23. The molecule has 0 atom stereocenters. The molecule has 2 N–H and O–H groups in total. The highest BCUT2D eigenvalue weighted by Crippen LogP contribution is 2.15. The first kappa shape index (κ1) is 15.6. The van der Waals surface area contributed by atoms with Crippen molar-refractivity contribution in [3.8, 4) is 0 Å². The maximum Gasteiger partial charge on any atom is 0.222 e. The summed E-state index contributed by atoms with van der Waals surface area (Å²) in [6.07, 6.45) is 1.08. The quantitative estimate of drug-likeness (QED) is 0.678. The van der Waals surface area contributed by atoms with Crippen molar-refractivity contribution < 1.29 is 13.9 Å². The molecule has 1 rings (SSSR count). The van der Waals surface area contributed by atoms with Crippen LogP contribution in [-0.2, 0) is 9.47 Å². The molecule has 1 heterocycles. The fourth-order valence-electron chi connectivity index (χ4n) is 1.55. The second-order valence-corrected chi connectivity index (χ2v) is 3.78. The van der Waals surface area contributed by atoms with Gasteiger partial charge in [-0.2, -0.15) is 4.98 Å². The lowest BCUT2D eigenvalue weighted by Crippen LogP contribution is -2.33. The molecule has 6 nitrogen and oxygen atoms in total. The lowest BCUT2D eigenvalue weighted by atomic mass is 10.4. The van der Waals surface area contributed by atoms with Gasteiger partial charge in [0.05, 0.1) is 19.4 Å². The van der Waals surface area contributed by atoms with Crippen LogP contribution in [0.15, 0.2) is 6.20 Å². The molecule has 0 aliphatic heterocycles. The molecule has 0 saturated carbocycles. The summed E-state index contributed by atoms with van der Waals surface area (Å²) in [7, 11) is 0. The average molecular weight is 272 g/mol. The van der Waals surface area contributed by atoms with Crippen molar-refractivity contribution in [2.45, 2.75) is 13.8 Å². The van der Waals surface area contributed by atoms with Crippen LogP contribution < -0.4 is 10.6 Å². The Morgan fingerprint density at radius 2 is 1.79 bits per heavy atom. The normalized spacial score (nSPS) is 10.7. The van der Waals surface area contributed by atoms with Crippen LogP contribution in [0.2, 0.25) is 0 Å². The Bertz CT molecular complexity index is 369. The Morgan fingerprint density at radius 1 is 1.21 bits per heavy atom. The molecular weight excluding hydrogens is 251 g/mol. The predicted octanol–water partition coefficient (Wildman–Crippen LogP) is 1.08. The first-order chi connectivity index (χ1) is 9.19. The molecule has 0 unspecified atom stereocenters. The third-order valence-corrected chi connectivity index (χ3v) is 2.46. The van der Waals surface area contributed by atoms with Crippen molar-refractivity contribution >= 4 is 11.8 Å². The standard InChI is InChI=1S/C12H21FN4O2/c1-3-18-7-5-17(6-8-19-4-2)11-10(13)9-15-12(14)16-11/h9H,3-8H2,1-2H3,(H2,14,15,16). The summed E-state index contributed by atoms with van der Waals surface area (Å²) in [6, 6.07) is 0. The molecule has 1 aromatic heterocycles. The highest BCUT2D eigenvalue weighted by atomic mass is 19.1. The molecule has 7 heteroatoms. The van der Waals surface area contributed by atoms with Crippen molar-refractivity contribution in [3.05, 3.63) is 12.0 Å². The van der Waals surface area contributed by atoms with E-state index in [0.29, 0.717) is 39.5 Å². The minimum Gasteiger partial charge on any atom is -0.380 e. The molecule has 0 aliphatic rings. The topological polar surface area (TPSA) is 73.5 Å². The summed E-state index contributed by atoms with van der Waals surface area (Å²) in [5, 5.41) is 0. The van der Waals surface area contributed by atoms with E-state index < -0.39 is 5.82 Å². The van der Waals surface area contributed by atoms with E-state index in [1.165, 1.54) is 0 Å². The van der Waals surface area contributed by atoms with Gasteiger partial charge in [0.1, 0.15) is 0 Å². The Morgan fingerprint density at radius 3 is 2.32 bits per heavy atom. The summed E-state index contributed by atoms with van der Waals surface area (Å²) in [5.41, 5.74) is 5.50. The highest BCUT2D eigenvalue weighted by Gasteiger charge is 2.14. The summed E-state index contributed by atoms with van der Waals surface area (Å²) in [5.74, 6) is -0.261. The van der Waals surface area contributed by atoms with Gasteiger partial charge in [-0.25, -0.2) is 9.37 Å². The summed E-state index contributed by atoms with van der Waals surface area (Å²) < 4.78 is 24.3. The van der Waals surface area contributed by atoms with Gasteiger partial charge in [0.15, 0.2) is 11.6 Å². The molecule has 0 spiro atoms. The smallest absolute Gasteiger partial charge is 0.222 e. The molecule has 0 saturated heterocycles. The zero-order valence-corrected chi connectivity index (χ0v) is 11.4. The first-order valence-electron chi connectivity index (χ1n) is 6.37. The number of rotatable bonds is 9. The molecule has 0 aromatic carbocycles.